The largest absolute Gasteiger partial charge is 0.357 e. The van der Waals surface area contributed by atoms with E-state index in [1.807, 2.05) is 89.6 Å². The Kier molecular flexibility index (Phi) is 8.13. The number of rotatable bonds is 8. The molecule has 0 aliphatic carbocycles. The first kappa shape index (κ1) is 26.6. The van der Waals surface area contributed by atoms with E-state index in [0.29, 0.717) is 0 Å². The topological polar surface area (TPSA) is 86.3 Å². The second-order valence-electron chi connectivity index (χ2n) is 8.87. The van der Waals surface area contributed by atoms with Gasteiger partial charge >= 0.3 is 0 Å². The highest BCUT2D eigenvalue weighted by atomic mass is 32.1. The van der Waals surface area contributed by atoms with Crippen LogP contribution in [0, 0.1) is 17.9 Å². The van der Waals surface area contributed by atoms with E-state index >= 15 is 0 Å². The number of nitriles is 1. The van der Waals surface area contributed by atoms with Crippen LogP contribution in [0.15, 0.2) is 94.8 Å². The summed E-state index contributed by atoms with van der Waals surface area (Å²) in [6.45, 7) is 7.95. The van der Waals surface area contributed by atoms with Gasteiger partial charge in [-0.1, -0.05) is 60.7 Å². The van der Waals surface area contributed by atoms with Crippen LogP contribution in [0.25, 0.3) is 37.2 Å². The van der Waals surface area contributed by atoms with E-state index in [4.69, 9.17) is 6.57 Å². The fourth-order valence-electron chi connectivity index (χ4n) is 4.22. The summed E-state index contributed by atoms with van der Waals surface area (Å²) in [6.07, 6.45) is 3.23. The first-order valence-electron chi connectivity index (χ1n) is 12.3. The molecule has 2 aromatic heterocycles. The Labute approximate surface area is 239 Å². The zero-order valence-corrected chi connectivity index (χ0v) is 22.8. The summed E-state index contributed by atoms with van der Waals surface area (Å²) >= 11 is 3.14. The van der Waals surface area contributed by atoms with E-state index < -0.39 is 11.8 Å². The van der Waals surface area contributed by atoms with Crippen molar-refractivity contribution >= 4 is 66.8 Å². The van der Waals surface area contributed by atoms with Gasteiger partial charge in [-0.3, -0.25) is 9.59 Å². The van der Waals surface area contributed by atoms with Gasteiger partial charge in [-0.05, 0) is 68.1 Å². The van der Waals surface area contributed by atoms with Crippen LogP contribution in [-0.4, -0.2) is 11.8 Å². The zero-order chi connectivity index (χ0) is 27.9. The number of fused-ring (bicyclic) bond motifs is 2. The van der Waals surface area contributed by atoms with Gasteiger partial charge in [-0.25, -0.2) is 4.85 Å². The van der Waals surface area contributed by atoms with Crippen molar-refractivity contribution in [1.29, 1.82) is 5.26 Å². The Morgan fingerprint density at radius 2 is 1.35 bits per heavy atom. The van der Waals surface area contributed by atoms with Crippen LogP contribution in [0.3, 0.4) is 0 Å². The summed E-state index contributed by atoms with van der Waals surface area (Å²) in [6, 6.07) is 25.2. The van der Waals surface area contributed by atoms with Crippen LogP contribution >= 0.6 is 22.7 Å². The molecule has 194 valence electrons. The second kappa shape index (κ2) is 12.2. The number of thiophene rings is 2. The van der Waals surface area contributed by atoms with Gasteiger partial charge in [0.25, 0.3) is 17.5 Å². The minimum atomic E-state index is -0.454. The molecule has 2 N–H and O–H groups in total. The molecule has 0 radical (unpaired) electrons. The molecule has 2 heterocycles. The van der Waals surface area contributed by atoms with Gasteiger partial charge in [-0.15, -0.1) is 22.7 Å². The van der Waals surface area contributed by atoms with Crippen molar-refractivity contribution in [3.63, 3.8) is 0 Å². The molecule has 0 saturated carbocycles. The number of amides is 2. The van der Waals surface area contributed by atoms with Crippen LogP contribution in [-0.2, 0) is 22.7 Å². The van der Waals surface area contributed by atoms with Gasteiger partial charge in [0.15, 0.2) is 0 Å². The van der Waals surface area contributed by atoms with E-state index in [2.05, 4.69) is 15.5 Å². The van der Waals surface area contributed by atoms with Crippen LogP contribution in [0.5, 0.6) is 0 Å². The third-order valence-corrected chi connectivity index (χ3v) is 8.19. The van der Waals surface area contributed by atoms with E-state index in [1.165, 1.54) is 0 Å². The van der Waals surface area contributed by atoms with E-state index in [1.54, 1.807) is 34.8 Å². The molecule has 2 amide bonds. The minimum absolute atomic E-state index is 0.0150. The van der Waals surface area contributed by atoms with Crippen molar-refractivity contribution < 1.29 is 9.59 Å². The lowest BCUT2D eigenvalue weighted by Crippen LogP contribution is -2.25. The zero-order valence-electron chi connectivity index (χ0n) is 21.2. The summed E-state index contributed by atoms with van der Waals surface area (Å²) in [5.74, 6) is -0.905. The number of benzene rings is 3. The maximum absolute atomic E-state index is 12.7. The molecule has 0 bridgehead atoms. The maximum Gasteiger partial charge on any atom is 0.262 e. The highest BCUT2D eigenvalue weighted by molar-refractivity contribution is 7.17. The fraction of sp³-hybridized carbons (Fsp3) is 0.0625. The highest BCUT2D eigenvalue weighted by Gasteiger charge is 2.13. The SMILES string of the molecule is [C-]#[N+]C(=Cc1csc2ccccc12)C(=O)NCc1cccc(CNC(=O)C(C#N)=Cc2csc3ccccc23)c1. The molecule has 0 aliphatic heterocycles. The fourth-order valence-corrected chi connectivity index (χ4v) is 6.06. The highest BCUT2D eigenvalue weighted by Crippen LogP contribution is 2.28. The van der Waals surface area contributed by atoms with Crippen molar-refractivity contribution in [2.75, 3.05) is 0 Å². The number of hydrogen-bond acceptors (Lipinski definition) is 5. The molecule has 40 heavy (non-hydrogen) atoms. The van der Waals surface area contributed by atoms with Crippen molar-refractivity contribution in [3.8, 4) is 6.07 Å². The second-order valence-corrected chi connectivity index (χ2v) is 10.7. The molecular formula is C32H22N4O2S2. The molecule has 0 atom stereocenters. The molecule has 0 saturated heterocycles. The molecule has 3 aromatic carbocycles. The van der Waals surface area contributed by atoms with Crippen LogP contribution in [0.4, 0.5) is 0 Å². The number of carbonyl (C=O) groups excluding carboxylic acids is 2. The standard InChI is InChI=1S/C32H22N4O2S2/c1-34-28(15-25-20-40-30-12-5-3-10-27(25)30)32(38)36-18-22-8-6-7-21(13-22)17-35-31(37)23(16-33)14-24-19-39-29-11-4-2-9-26(24)29/h2-15,19-20H,17-18H2,(H,35,37)(H,36,38). The van der Waals surface area contributed by atoms with Crippen LogP contribution in [0.1, 0.15) is 22.3 Å². The van der Waals surface area contributed by atoms with Gasteiger partial charge in [0.05, 0.1) is 6.57 Å². The van der Waals surface area contributed by atoms with Crippen molar-refractivity contribution in [2.45, 2.75) is 13.1 Å². The minimum Gasteiger partial charge on any atom is -0.357 e. The van der Waals surface area contributed by atoms with Crippen molar-refractivity contribution in [2.24, 2.45) is 0 Å². The van der Waals surface area contributed by atoms with Crippen molar-refractivity contribution in [1.82, 2.24) is 10.6 Å². The Morgan fingerprint density at radius 3 is 1.93 bits per heavy atom. The van der Waals surface area contributed by atoms with E-state index in [9.17, 15) is 14.9 Å². The summed E-state index contributed by atoms with van der Waals surface area (Å²) in [5.41, 5.74) is 3.38. The van der Waals surface area contributed by atoms with Gasteiger partial charge in [0, 0.05) is 22.5 Å². The van der Waals surface area contributed by atoms with Gasteiger partial charge in [0.1, 0.15) is 11.6 Å². The quantitative estimate of drug-likeness (QED) is 0.123. The van der Waals surface area contributed by atoms with E-state index in [-0.39, 0.29) is 24.4 Å². The lowest BCUT2D eigenvalue weighted by molar-refractivity contribution is -0.118. The third-order valence-electron chi connectivity index (χ3n) is 6.23. The molecule has 0 unspecified atom stereocenters. The van der Waals surface area contributed by atoms with Gasteiger partial charge in [-0.2, -0.15) is 5.26 Å². The van der Waals surface area contributed by atoms with Crippen LogP contribution < -0.4 is 10.6 Å². The molecule has 0 aliphatic rings. The predicted molar refractivity (Wildman–Crippen MR) is 162 cm³/mol. The Bertz CT molecular complexity index is 1750. The van der Waals surface area contributed by atoms with Gasteiger partial charge in [0.2, 0.25) is 0 Å². The number of carbonyl (C=O) groups is 2. The summed E-state index contributed by atoms with van der Waals surface area (Å²) in [7, 11) is 0. The van der Waals surface area contributed by atoms with Crippen LogP contribution in [0.2, 0.25) is 0 Å². The monoisotopic (exact) mass is 558 g/mol. The van der Waals surface area contributed by atoms with Gasteiger partial charge < -0.3 is 10.6 Å². The van der Waals surface area contributed by atoms with Crippen molar-refractivity contribution in [3.05, 3.63) is 128 Å². The first-order valence-corrected chi connectivity index (χ1v) is 14.1. The molecule has 5 rings (SSSR count). The molecule has 0 fully saturated rings. The number of hydrogen-bond donors (Lipinski definition) is 2. The Morgan fingerprint density at radius 1 is 0.800 bits per heavy atom. The molecule has 6 nitrogen and oxygen atoms in total. The average Bonchev–Trinajstić information content (AvgIpc) is 3.60. The molecule has 5 aromatic rings. The molecule has 0 spiro atoms. The average molecular weight is 559 g/mol. The smallest absolute Gasteiger partial charge is 0.262 e. The lowest BCUT2D eigenvalue weighted by atomic mass is 10.1. The molecule has 8 heteroatoms. The number of nitrogens with zero attached hydrogens (tertiary/aromatic N) is 2. The maximum atomic E-state index is 12.7. The lowest BCUT2D eigenvalue weighted by Gasteiger charge is -2.08. The summed E-state index contributed by atoms with van der Waals surface area (Å²) in [4.78, 5) is 28.9. The predicted octanol–water partition coefficient (Wildman–Crippen LogP) is 6.92. The molecular weight excluding hydrogens is 537 g/mol. The normalized spacial score (nSPS) is 11.7. The summed E-state index contributed by atoms with van der Waals surface area (Å²) < 4.78 is 2.19. The first-order chi connectivity index (χ1) is 19.6. The third kappa shape index (κ3) is 6.00. The Hall–Kier alpha value is -5.02. The summed E-state index contributed by atoms with van der Waals surface area (Å²) in [5, 5.41) is 21.1. The van der Waals surface area contributed by atoms with E-state index in [0.717, 1.165) is 42.4 Å². The Balaban J connectivity index is 1.21. The number of nitrogens with one attached hydrogen (secondary N) is 2.